The Hall–Kier alpha value is -1.41. The Morgan fingerprint density at radius 3 is 2.74 bits per heavy atom. The smallest absolute Gasteiger partial charge is 0.339 e. The molecule has 1 aromatic carbocycles. The largest absolute Gasteiger partial charge is 0.465 e. The van der Waals surface area contributed by atoms with Gasteiger partial charge in [0.25, 0.3) is 0 Å². The average Bonchev–Trinajstić information content (AvgIpc) is 2.53. The van der Waals surface area contributed by atoms with Gasteiger partial charge < -0.3 is 10.1 Å². The van der Waals surface area contributed by atoms with Gasteiger partial charge in [0.15, 0.2) is 0 Å². The molecule has 0 atom stereocenters. The van der Waals surface area contributed by atoms with Gasteiger partial charge in [-0.2, -0.15) is 0 Å². The van der Waals surface area contributed by atoms with Crippen molar-refractivity contribution in [2.75, 3.05) is 26.7 Å². The van der Waals surface area contributed by atoms with E-state index in [1.165, 1.54) is 19.2 Å². The van der Waals surface area contributed by atoms with E-state index < -0.39 is 16.0 Å². The lowest BCUT2D eigenvalue weighted by Crippen LogP contribution is -2.30. The summed E-state index contributed by atoms with van der Waals surface area (Å²) in [5.74, 6) is -0.662. The molecule has 0 saturated heterocycles. The Morgan fingerprint density at radius 2 is 2.13 bits per heavy atom. The van der Waals surface area contributed by atoms with Crippen LogP contribution in [-0.4, -0.2) is 41.1 Å². The van der Waals surface area contributed by atoms with E-state index in [0.29, 0.717) is 0 Å². The molecule has 6 nitrogen and oxygen atoms in total. The second-order valence-electron chi connectivity index (χ2n) is 5.13. The van der Waals surface area contributed by atoms with Crippen molar-refractivity contribution in [2.45, 2.75) is 18.2 Å². The molecule has 8 heteroatoms. The van der Waals surface area contributed by atoms with Gasteiger partial charge in [-0.1, -0.05) is 23.3 Å². The molecule has 1 aromatic rings. The second kappa shape index (κ2) is 8.44. The van der Waals surface area contributed by atoms with Crippen molar-refractivity contribution in [3.63, 3.8) is 0 Å². The summed E-state index contributed by atoms with van der Waals surface area (Å²) < 4.78 is 32.2. The molecule has 0 aromatic heterocycles. The zero-order valence-corrected chi connectivity index (χ0v) is 14.7. The van der Waals surface area contributed by atoms with Gasteiger partial charge in [0.1, 0.15) is 0 Å². The van der Waals surface area contributed by atoms with Gasteiger partial charge >= 0.3 is 5.97 Å². The number of rotatable bonds is 5. The van der Waals surface area contributed by atoms with Crippen molar-refractivity contribution in [3.8, 4) is 0 Å². The van der Waals surface area contributed by atoms with Crippen molar-refractivity contribution >= 4 is 28.4 Å². The van der Waals surface area contributed by atoms with E-state index in [2.05, 4.69) is 14.8 Å². The lowest BCUT2D eigenvalue weighted by molar-refractivity contribution is 0.0596. The van der Waals surface area contributed by atoms with Crippen molar-refractivity contribution in [3.05, 3.63) is 41.0 Å². The van der Waals surface area contributed by atoms with Gasteiger partial charge in [-0.05, 0) is 32.0 Å². The number of methoxy groups -OCH3 is 1. The van der Waals surface area contributed by atoms with Gasteiger partial charge in [-0.15, -0.1) is 12.4 Å². The highest BCUT2D eigenvalue weighted by Gasteiger charge is 2.23. The molecule has 0 radical (unpaired) electrons. The third-order valence-electron chi connectivity index (χ3n) is 3.48. The van der Waals surface area contributed by atoms with Crippen LogP contribution in [0.15, 0.2) is 34.7 Å². The Bertz CT molecular complexity index is 701. The number of esters is 1. The summed E-state index contributed by atoms with van der Waals surface area (Å²) in [6.45, 7) is 3.62. The standard InChI is InChI=1S/C15H20N2O4S.ClH/c1-11-3-4-14(13(9-11)15(18)21-2)22(19,20)17-10-12-5-7-16-8-6-12;/h3-5,9,16-17H,6-8,10H2,1-2H3;1H. The van der Waals surface area contributed by atoms with Crippen molar-refractivity contribution in [2.24, 2.45) is 0 Å². The fraction of sp³-hybridized carbons (Fsp3) is 0.400. The van der Waals surface area contributed by atoms with Crippen molar-refractivity contribution in [1.29, 1.82) is 0 Å². The summed E-state index contributed by atoms with van der Waals surface area (Å²) in [6, 6.07) is 4.61. The number of aryl methyl sites for hydroxylation is 1. The number of carbonyl (C=O) groups excluding carboxylic acids is 1. The lowest BCUT2D eigenvalue weighted by Gasteiger charge is -2.15. The molecule has 0 saturated carbocycles. The van der Waals surface area contributed by atoms with Crippen LogP contribution in [0.3, 0.4) is 0 Å². The Balaban J connectivity index is 0.00000264. The minimum Gasteiger partial charge on any atom is -0.465 e. The number of ether oxygens (including phenoxy) is 1. The fourth-order valence-electron chi connectivity index (χ4n) is 2.24. The number of halogens is 1. The molecule has 1 aliphatic rings. The van der Waals surface area contributed by atoms with Crippen LogP contribution in [0.2, 0.25) is 0 Å². The monoisotopic (exact) mass is 360 g/mol. The minimum absolute atomic E-state index is 0. The SMILES string of the molecule is COC(=O)c1cc(C)ccc1S(=O)(=O)NCC1=CCNCC1.Cl. The fourth-order valence-corrected chi connectivity index (χ4v) is 3.45. The van der Waals surface area contributed by atoms with Crippen LogP contribution in [0.5, 0.6) is 0 Å². The first-order valence-electron chi connectivity index (χ1n) is 7.01. The quantitative estimate of drug-likeness (QED) is 0.612. The maximum Gasteiger partial charge on any atom is 0.339 e. The van der Waals surface area contributed by atoms with Crippen molar-refractivity contribution < 1.29 is 17.9 Å². The highest BCUT2D eigenvalue weighted by Crippen LogP contribution is 2.19. The zero-order valence-electron chi connectivity index (χ0n) is 13.1. The van der Waals surface area contributed by atoms with Gasteiger partial charge in [0, 0.05) is 13.1 Å². The normalized spacial score (nSPS) is 14.6. The molecule has 23 heavy (non-hydrogen) atoms. The maximum absolute atomic E-state index is 12.5. The van der Waals surface area contributed by atoms with Crippen LogP contribution >= 0.6 is 12.4 Å². The molecule has 0 spiro atoms. The van der Waals surface area contributed by atoms with Crippen LogP contribution < -0.4 is 10.0 Å². The summed E-state index contributed by atoms with van der Waals surface area (Å²) in [5.41, 5.74) is 1.88. The Morgan fingerprint density at radius 1 is 1.39 bits per heavy atom. The van der Waals surface area contributed by atoms with Crippen LogP contribution in [0.25, 0.3) is 0 Å². The maximum atomic E-state index is 12.5. The van der Waals surface area contributed by atoms with E-state index in [4.69, 9.17) is 0 Å². The van der Waals surface area contributed by atoms with E-state index in [9.17, 15) is 13.2 Å². The molecular weight excluding hydrogens is 340 g/mol. The van der Waals surface area contributed by atoms with E-state index in [-0.39, 0.29) is 29.4 Å². The van der Waals surface area contributed by atoms with Crippen LogP contribution in [0.1, 0.15) is 22.3 Å². The molecule has 0 aliphatic carbocycles. The number of carbonyl (C=O) groups is 1. The molecular formula is C15H21ClN2O4S. The second-order valence-corrected chi connectivity index (χ2v) is 6.87. The third-order valence-corrected chi connectivity index (χ3v) is 4.94. The molecule has 2 rings (SSSR count). The average molecular weight is 361 g/mol. The Labute approximate surface area is 142 Å². The summed E-state index contributed by atoms with van der Waals surface area (Å²) in [6.07, 6.45) is 2.78. The first-order chi connectivity index (χ1) is 10.4. The first-order valence-corrected chi connectivity index (χ1v) is 8.49. The molecule has 0 amide bonds. The highest BCUT2D eigenvalue weighted by molar-refractivity contribution is 7.89. The predicted molar refractivity (Wildman–Crippen MR) is 90.5 cm³/mol. The summed E-state index contributed by atoms with van der Waals surface area (Å²) in [5, 5.41) is 3.17. The minimum atomic E-state index is -3.77. The van der Waals surface area contributed by atoms with E-state index in [0.717, 1.165) is 30.6 Å². The number of hydrogen-bond donors (Lipinski definition) is 2. The molecule has 1 heterocycles. The molecule has 2 N–H and O–H groups in total. The van der Waals surface area contributed by atoms with Crippen LogP contribution in [0, 0.1) is 6.92 Å². The van der Waals surface area contributed by atoms with Crippen LogP contribution in [0.4, 0.5) is 0 Å². The molecule has 1 aliphatic heterocycles. The van der Waals surface area contributed by atoms with Crippen LogP contribution in [-0.2, 0) is 14.8 Å². The van der Waals surface area contributed by atoms with Gasteiger partial charge in [-0.3, -0.25) is 0 Å². The molecule has 0 unspecified atom stereocenters. The van der Waals surface area contributed by atoms with Gasteiger partial charge in [-0.25, -0.2) is 17.9 Å². The summed E-state index contributed by atoms with van der Waals surface area (Å²) in [4.78, 5) is 11.7. The van der Waals surface area contributed by atoms with E-state index in [1.54, 1.807) is 13.0 Å². The highest BCUT2D eigenvalue weighted by atomic mass is 35.5. The topological polar surface area (TPSA) is 84.5 Å². The third kappa shape index (κ3) is 5.04. The summed E-state index contributed by atoms with van der Waals surface area (Å²) in [7, 11) is -2.54. The number of nitrogens with one attached hydrogen (secondary N) is 2. The zero-order chi connectivity index (χ0) is 16.2. The number of sulfonamides is 1. The van der Waals surface area contributed by atoms with Gasteiger partial charge in [0.2, 0.25) is 10.0 Å². The van der Waals surface area contributed by atoms with Crippen molar-refractivity contribution in [1.82, 2.24) is 10.0 Å². The first kappa shape index (κ1) is 19.6. The molecule has 128 valence electrons. The van der Waals surface area contributed by atoms with Gasteiger partial charge in [0.05, 0.1) is 17.6 Å². The number of hydrogen-bond acceptors (Lipinski definition) is 5. The summed E-state index contributed by atoms with van der Waals surface area (Å²) >= 11 is 0. The number of benzene rings is 1. The predicted octanol–water partition coefficient (Wildman–Crippen LogP) is 1.40. The molecule has 0 fully saturated rings. The lowest BCUT2D eigenvalue weighted by atomic mass is 10.1. The Kier molecular flexibility index (Phi) is 7.21. The van der Waals surface area contributed by atoms with E-state index >= 15 is 0 Å². The molecule has 0 bridgehead atoms. The van der Waals surface area contributed by atoms with E-state index in [1.807, 2.05) is 6.08 Å².